The first-order chi connectivity index (χ1) is 13.7. The van der Waals surface area contributed by atoms with Crippen molar-refractivity contribution in [3.63, 3.8) is 0 Å². The van der Waals surface area contributed by atoms with Crippen LogP contribution in [0.4, 0.5) is 0 Å². The van der Waals surface area contributed by atoms with Gasteiger partial charge in [-0.1, -0.05) is 65.8 Å². The van der Waals surface area contributed by atoms with E-state index in [4.69, 9.17) is 19.7 Å². The molecule has 0 saturated carbocycles. The fourth-order valence-electron chi connectivity index (χ4n) is 3.12. The van der Waals surface area contributed by atoms with Crippen molar-refractivity contribution in [2.24, 2.45) is 5.11 Å². The highest BCUT2D eigenvalue weighted by atomic mass is 16.7. The maximum Gasteiger partial charge on any atom is 0.218 e. The Bertz CT molecular complexity index is 785. The van der Waals surface area contributed by atoms with Crippen LogP contribution in [0.1, 0.15) is 11.1 Å². The summed E-state index contributed by atoms with van der Waals surface area (Å²) in [5.41, 5.74) is 10.7. The van der Waals surface area contributed by atoms with Crippen molar-refractivity contribution in [1.82, 2.24) is 0 Å². The molecule has 0 radical (unpaired) electrons. The second-order valence-corrected chi connectivity index (χ2v) is 6.56. The molecule has 1 fully saturated rings. The summed E-state index contributed by atoms with van der Waals surface area (Å²) in [6.07, 6.45) is -1.85. The molecule has 0 spiro atoms. The normalized spacial score (nSPS) is 27.1. The quantitative estimate of drug-likeness (QED) is 0.411. The third-order valence-corrected chi connectivity index (χ3v) is 4.61. The number of benzene rings is 2. The second kappa shape index (κ2) is 9.66. The highest BCUT2D eigenvalue weighted by Gasteiger charge is 2.51. The molecule has 2 aromatic carbocycles. The van der Waals surface area contributed by atoms with Crippen molar-refractivity contribution in [3.05, 3.63) is 82.2 Å². The van der Waals surface area contributed by atoms with Crippen LogP contribution in [0.15, 0.2) is 65.8 Å². The van der Waals surface area contributed by atoms with Gasteiger partial charge in [-0.3, -0.25) is 0 Å². The number of hydrogen-bond acceptors (Lipinski definition) is 6. The Kier molecular flexibility index (Phi) is 7.00. The van der Waals surface area contributed by atoms with Gasteiger partial charge in [0.25, 0.3) is 0 Å². The molecule has 4 atom stereocenters. The lowest BCUT2D eigenvalue weighted by molar-refractivity contribution is -0.332. The van der Waals surface area contributed by atoms with E-state index < -0.39 is 30.6 Å². The smallest absolute Gasteiger partial charge is 0.218 e. The van der Waals surface area contributed by atoms with Gasteiger partial charge in [-0.05, 0) is 16.7 Å². The van der Waals surface area contributed by atoms with Crippen LogP contribution in [0.5, 0.6) is 0 Å². The number of rotatable bonds is 8. The minimum Gasteiger partial charge on any atom is -0.391 e. The van der Waals surface area contributed by atoms with Crippen molar-refractivity contribution in [3.8, 4) is 0 Å². The molecule has 1 heterocycles. The van der Waals surface area contributed by atoms with Gasteiger partial charge in [0, 0.05) is 4.91 Å². The van der Waals surface area contributed by atoms with Crippen LogP contribution < -0.4 is 0 Å². The van der Waals surface area contributed by atoms with Crippen LogP contribution in [0.2, 0.25) is 0 Å². The van der Waals surface area contributed by atoms with Crippen molar-refractivity contribution < 1.29 is 24.4 Å². The van der Waals surface area contributed by atoms with E-state index in [0.717, 1.165) is 11.1 Å². The molecule has 1 saturated heterocycles. The monoisotopic (exact) mass is 385 g/mol. The SMILES string of the molecule is [N-]=[N+]=N[C@H]1CO[C@](O)(CO)[C@H](OCc2ccccc2)[C@@H]1OCc1ccccc1. The maximum absolute atomic E-state index is 10.8. The molecule has 148 valence electrons. The predicted molar refractivity (Wildman–Crippen MR) is 101 cm³/mol. The van der Waals surface area contributed by atoms with Gasteiger partial charge in [0.05, 0.1) is 32.5 Å². The van der Waals surface area contributed by atoms with Crippen molar-refractivity contribution in [2.45, 2.75) is 37.3 Å². The summed E-state index contributed by atoms with van der Waals surface area (Å²) in [4.78, 5) is 2.86. The second-order valence-electron chi connectivity index (χ2n) is 6.56. The average molecular weight is 385 g/mol. The van der Waals surface area contributed by atoms with Gasteiger partial charge in [-0.25, -0.2) is 0 Å². The van der Waals surface area contributed by atoms with Gasteiger partial charge in [0.2, 0.25) is 5.79 Å². The molecule has 8 nitrogen and oxygen atoms in total. The molecule has 1 aliphatic heterocycles. The van der Waals surface area contributed by atoms with E-state index in [2.05, 4.69) is 10.0 Å². The Labute approximate surface area is 162 Å². The topological polar surface area (TPSA) is 117 Å². The van der Waals surface area contributed by atoms with Crippen LogP contribution in [-0.2, 0) is 27.4 Å². The lowest BCUT2D eigenvalue weighted by atomic mass is 9.95. The molecule has 3 rings (SSSR count). The van der Waals surface area contributed by atoms with Crippen LogP contribution in [0.25, 0.3) is 10.4 Å². The average Bonchev–Trinajstić information content (AvgIpc) is 2.74. The zero-order chi connectivity index (χ0) is 19.8. The molecular weight excluding hydrogens is 362 g/mol. The predicted octanol–water partition coefficient (Wildman–Crippen LogP) is 2.55. The Balaban J connectivity index is 1.81. The molecule has 0 amide bonds. The first-order valence-electron chi connectivity index (χ1n) is 8.99. The Morgan fingerprint density at radius 3 is 2.14 bits per heavy atom. The summed E-state index contributed by atoms with van der Waals surface area (Å²) in [7, 11) is 0. The summed E-state index contributed by atoms with van der Waals surface area (Å²) in [5, 5.41) is 24.2. The van der Waals surface area contributed by atoms with Crippen LogP contribution in [-0.4, -0.2) is 47.5 Å². The highest BCUT2D eigenvalue weighted by Crippen LogP contribution is 2.31. The van der Waals surface area contributed by atoms with Crippen molar-refractivity contribution in [1.29, 1.82) is 0 Å². The fraction of sp³-hybridized carbons (Fsp3) is 0.400. The zero-order valence-corrected chi connectivity index (χ0v) is 15.3. The van der Waals surface area contributed by atoms with Crippen molar-refractivity contribution >= 4 is 0 Å². The molecule has 0 aromatic heterocycles. The standard InChI is InChI=1S/C20H23N3O5/c21-23-22-17-13-28-20(25,14-24)19(27-12-16-9-5-2-6-10-16)18(17)26-11-15-7-3-1-4-8-15/h1-10,17-19,24-25H,11-14H2/t17-,18+,19+,20+/m0/s1. The summed E-state index contributed by atoms with van der Waals surface area (Å²) >= 11 is 0. The molecule has 0 aliphatic carbocycles. The minimum atomic E-state index is -1.96. The fourth-order valence-corrected chi connectivity index (χ4v) is 3.12. The number of azide groups is 1. The van der Waals surface area contributed by atoms with Gasteiger partial charge >= 0.3 is 0 Å². The molecule has 0 bridgehead atoms. The maximum atomic E-state index is 10.8. The third kappa shape index (κ3) is 4.88. The number of aliphatic hydroxyl groups is 2. The highest BCUT2D eigenvalue weighted by molar-refractivity contribution is 5.15. The molecule has 28 heavy (non-hydrogen) atoms. The van der Waals surface area contributed by atoms with E-state index in [0.29, 0.717) is 0 Å². The van der Waals surface area contributed by atoms with E-state index in [1.807, 2.05) is 60.7 Å². The van der Waals surface area contributed by atoms with Gasteiger partial charge in [0.15, 0.2) is 0 Å². The number of nitrogens with zero attached hydrogens (tertiary/aromatic N) is 3. The summed E-state index contributed by atoms with van der Waals surface area (Å²) < 4.78 is 17.3. The molecule has 1 aliphatic rings. The summed E-state index contributed by atoms with van der Waals surface area (Å²) in [6.45, 7) is -0.368. The minimum absolute atomic E-state index is 0.0915. The van der Waals surface area contributed by atoms with Crippen molar-refractivity contribution in [2.75, 3.05) is 13.2 Å². The molecule has 8 heteroatoms. The van der Waals surface area contributed by atoms with E-state index >= 15 is 0 Å². The number of ether oxygens (including phenoxy) is 3. The first-order valence-corrected chi connectivity index (χ1v) is 8.99. The van der Waals surface area contributed by atoms with Gasteiger partial charge in [-0.2, -0.15) is 0 Å². The molecule has 2 aromatic rings. The Morgan fingerprint density at radius 1 is 1.04 bits per heavy atom. The summed E-state index contributed by atoms with van der Waals surface area (Å²) in [6, 6.07) is 18.2. The van der Waals surface area contributed by atoms with E-state index in [9.17, 15) is 10.2 Å². The molecule has 2 N–H and O–H groups in total. The van der Waals surface area contributed by atoms with Crippen LogP contribution in [0, 0.1) is 0 Å². The lowest BCUT2D eigenvalue weighted by Crippen LogP contribution is -2.63. The van der Waals surface area contributed by atoms with Gasteiger partial charge in [-0.15, -0.1) is 0 Å². The van der Waals surface area contributed by atoms with E-state index in [1.165, 1.54) is 0 Å². The molecular formula is C20H23N3O5. The first kappa shape index (κ1) is 20.3. The number of hydrogen-bond donors (Lipinski definition) is 2. The molecule has 0 unspecified atom stereocenters. The number of aliphatic hydroxyl groups excluding tert-OH is 1. The van der Waals surface area contributed by atoms with Gasteiger partial charge in [0.1, 0.15) is 12.2 Å². The Hall–Kier alpha value is -2.45. The van der Waals surface area contributed by atoms with E-state index in [-0.39, 0.29) is 19.8 Å². The zero-order valence-electron chi connectivity index (χ0n) is 15.3. The van der Waals surface area contributed by atoms with Crippen LogP contribution in [0.3, 0.4) is 0 Å². The largest absolute Gasteiger partial charge is 0.391 e. The van der Waals surface area contributed by atoms with E-state index in [1.54, 1.807) is 0 Å². The van der Waals surface area contributed by atoms with Crippen LogP contribution >= 0.6 is 0 Å². The Morgan fingerprint density at radius 2 is 1.61 bits per heavy atom. The summed E-state index contributed by atoms with van der Waals surface area (Å²) in [5.74, 6) is -1.96. The lowest BCUT2D eigenvalue weighted by Gasteiger charge is -2.45. The third-order valence-electron chi connectivity index (χ3n) is 4.61. The van der Waals surface area contributed by atoms with Gasteiger partial charge < -0.3 is 24.4 Å².